The van der Waals surface area contributed by atoms with Gasteiger partial charge in [0, 0.05) is 5.56 Å². The molecule has 0 heterocycles. The third-order valence-corrected chi connectivity index (χ3v) is 3.25. The van der Waals surface area contributed by atoms with Crippen molar-refractivity contribution in [1.29, 1.82) is 0 Å². The summed E-state index contributed by atoms with van der Waals surface area (Å²) in [7, 11) is 0. The highest BCUT2D eigenvalue weighted by molar-refractivity contribution is 5.83. The van der Waals surface area contributed by atoms with Crippen LogP contribution in [0.5, 0.6) is 0 Å². The van der Waals surface area contributed by atoms with Crippen LogP contribution in [0.1, 0.15) is 45.6 Å². The molecule has 0 fully saturated rings. The number of rotatable bonds is 5. The van der Waals surface area contributed by atoms with Crippen LogP contribution in [-0.4, -0.2) is 23.7 Å². The number of carbonyl (C=O) groups is 1. The molecule has 21 heavy (non-hydrogen) atoms. The fourth-order valence-electron chi connectivity index (χ4n) is 2.28. The summed E-state index contributed by atoms with van der Waals surface area (Å²) in [5, 5.41) is 12.0. The summed E-state index contributed by atoms with van der Waals surface area (Å²) in [6.07, 6.45) is 0.571. The van der Waals surface area contributed by atoms with Gasteiger partial charge >= 0.3 is 0 Å². The highest BCUT2D eigenvalue weighted by atomic mass is 19.1. The van der Waals surface area contributed by atoms with Gasteiger partial charge in [0.25, 0.3) is 0 Å². The molecule has 1 aromatic rings. The number of hydrogen-bond acceptors (Lipinski definition) is 2. The van der Waals surface area contributed by atoms with Crippen molar-refractivity contribution in [3.63, 3.8) is 0 Å². The predicted molar refractivity (Wildman–Crippen MR) is 77.9 cm³/mol. The molecule has 2 unspecified atom stereocenters. The van der Waals surface area contributed by atoms with E-state index in [9.17, 15) is 18.7 Å². The predicted octanol–water partition coefficient (Wildman–Crippen LogP) is 2.98. The standard InChI is InChI=1S/C16H23F2NO2/c1-10(14-12(17)6-5-7-13(14)18)15(21)19-11(9-20)8-16(2,3)4/h5-7,10-11,20H,8-9H2,1-4H3,(H,19,21). The molecule has 1 rings (SSSR count). The van der Waals surface area contributed by atoms with Gasteiger partial charge in [-0.15, -0.1) is 0 Å². The van der Waals surface area contributed by atoms with Gasteiger partial charge in [0.15, 0.2) is 0 Å². The molecule has 3 nitrogen and oxygen atoms in total. The van der Waals surface area contributed by atoms with Gasteiger partial charge in [0.2, 0.25) is 5.91 Å². The van der Waals surface area contributed by atoms with Gasteiger partial charge in [0.05, 0.1) is 18.6 Å². The lowest BCUT2D eigenvalue weighted by Gasteiger charge is -2.26. The van der Waals surface area contributed by atoms with Gasteiger partial charge in [0.1, 0.15) is 11.6 Å². The Bertz CT molecular complexity index is 477. The molecule has 5 heteroatoms. The maximum Gasteiger partial charge on any atom is 0.227 e. The van der Waals surface area contributed by atoms with Crippen LogP contribution in [0.3, 0.4) is 0 Å². The molecule has 0 saturated heterocycles. The average Bonchev–Trinajstić information content (AvgIpc) is 2.35. The summed E-state index contributed by atoms with van der Waals surface area (Å²) in [5.41, 5.74) is -0.324. The van der Waals surface area contributed by atoms with E-state index < -0.39 is 29.5 Å². The maximum atomic E-state index is 13.7. The van der Waals surface area contributed by atoms with E-state index in [1.807, 2.05) is 20.8 Å². The van der Waals surface area contributed by atoms with Crippen LogP contribution in [0.4, 0.5) is 8.78 Å². The minimum absolute atomic E-state index is 0.0762. The molecule has 118 valence electrons. The van der Waals surface area contributed by atoms with E-state index in [1.165, 1.54) is 13.0 Å². The van der Waals surface area contributed by atoms with Crippen LogP contribution in [0.15, 0.2) is 18.2 Å². The highest BCUT2D eigenvalue weighted by Crippen LogP contribution is 2.24. The molecular formula is C16H23F2NO2. The third-order valence-electron chi connectivity index (χ3n) is 3.25. The van der Waals surface area contributed by atoms with Crippen molar-refractivity contribution in [1.82, 2.24) is 5.32 Å². The summed E-state index contributed by atoms with van der Waals surface area (Å²) >= 11 is 0. The van der Waals surface area contributed by atoms with Crippen molar-refractivity contribution in [3.8, 4) is 0 Å². The second kappa shape index (κ2) is 6.98. The van der Waals surface area contributed by atoms with Gasteiger partial charge in [-0.25, -0.2) is 8.78 Å². The second-order valence-corrected chi connectivity index (χ2v) is 6.51. The van der Waals surface area contributed by atoms with Crippen molar-refractivity contribution in [2.24, 2.45) is 5.41 Å². The molecule has 0 spiro atoms. The van der Waals surface area contributed by atoms with Gasteiger partial charge in [-0.3, -0.25) is 4.79 Å². The third kappa shape index (κ3) is 5.08. The molecule has 0 saturated carbocycles. The Balaban J connectivity index is 2.83. The van der Waals surface area contributed by atoms with Crippen LogP contribution in [-0.2, 0) is 4.79 Å². The summed E-state index contributed by atoms with van der Waals surface area (Å²) in [5.74, 6) is -2.94. The zero-order valence-corrected chi connectivity index (χ0v) is 12.9. The number of carbonyl (C=O) groups excluding carboxylic acids is 1. The topological polar surface area (TPSA) is 49.3 Å². The summed E-state index contributed by atoms with van der Waals surface area (Å²) in [6.45, 7) is 7.20. The SMILES string of the molecule is CC(C(=O)NC(CO)CC(C)(C)C)c1c(F)cccc1F. The van der Waals surface area contributed by atoms with Crippen molar-refractivity contribution >= 4 is 5.91 Å². The summed E-state index contributed by atoms with van der Waals surface area (Å²) in [4.78, 5) is 12.1. The van der Waals surface area contributed by atoms with Gasteiger partial charge in [-0.1, -0.05) is 26.8 Å². The maximum absolute atomic E-state index is 13.7. The average molecular weight is 299 g/mol. The van der Waals surface area contributed by atoms with E-state index in [0.717, 1.165) is 12.1 Å². The second-order valence-electron chi connectivity index (χ2n) is 6.51. The van der Waals surface area contributed by atoms with E-state index in [2.05, 4.69) is 5.32 Å². The van der Waals surface area contributed by atoms with Crippen molar-refractivity contribution < 1.29 is 18.7 Å². The van der Waals surface area contributed by atoms with Gasteiger partial charge < -0.3 is 10.4 Å². The molecule has 2 atom stereocenters. The Labute approximate surface area is 124 Å². The Morgan fingerprint density at radius 2 is 1.81 bits per heavy atom. The fraction of sp³-hybridized carbons (Fsp3) is 0.562. The first-order chi connectivity index (χ1) is 9.65. The number of halogens is 2. The Morgan fingerprint density at radius 3 is 2.24 bits per heavy atom. The monoisotopic (exact) mass is 299 g/mol. The smallest absolute Gasteiger partial charge is 0.227 e. The van der Waals surface area contributed by atoms with Gasteiger partial charge in [-0.2, -0.15) is 0 Å². The summed E-state index contributed by atoms with van der Waals surface area (Å²) in [6, 6.07) is 3.08. The molecule has 0 radical (unpaired) electrons. The van der Waals surface area contributed by atoms with Crippen molar-refractivity contribution in [3.05, 3.63) is 35.4 Å². The van der Waals surface area contributed by atoms with Crippen LogP contribution in [0.2, 0.25) is 0 Å². The molecule has 0 aliphatic carbocycles. The number of amides is 1. The number of hydrogen-bond donors (Lipinski definition) is 2. The number of nitrogens with one attached hydrogen (secondary N) is 1. The quantitative estimate of drug-likeness (QED) is 0.878. The molecule has 0 aliphatic rings. The fourth-order valence-corrected chi connectivity index (χ4v) is 2.28. The number of aliphatic hydroxyl groups is 1. The minimum Gasteiger partial charge on any atom is -0.394 e. The molecule has 1 aromatic carbocycles. The van der Waals surface area contributed by atoms with Crippen LogP contribution in [0.25, 0.3) is 0 Å². The highest BCUT2D eigenvalue weighted by Gasteiger charge is 2.26. The lowest BCUT2D eigenvalue weighted by molar-refractivity contribution is -0.123. The first-order valence-electron chi connectivity index (χ1n) is 7.01. The molecule has 0 aliphatic heterocycles. The Kier molecular flexibility index (Phi) is 5.84. The minimum atomic E-state index is -0.958. The number of aliphatic hydroxyl groups excluding tert-OH is 1. The largest absolute Gasteiger partial charge is 0.394 e. The van der Waals surface area contributed by atoms with Crippen LogP contribution >= 0.6 is 0 Å². The number of benzene rings is 1. The lowest BCUT2D eigenvalue weighted by Crippen LogP contribution is -2.42. The zero-order chi connectivity index (χ0) is 16.2. The summed E-state index contributed by atoms with van der Waals surface area (Å²) < 4.78 is 27.4. The van der Waals surface area contributed by atoms with Crippen molar-refractivity contribution in [2.75, 3.05) is 6.61 Å². The van der Waals surface area contributed by atoms with Crippen LogP contribution < -0.4 is 5.32 Å². The molecular weight excluding hydrogens is 276 g/mol. The van der Waals surface area contributed by atoms with E-state index in [-0.39, 0.29) is 17.6 Å². The van der Waals surface area contributed by atoms with E-state index in [0.29, 0.717) is 6.42 Å². The van der Waals surface area contributed by atoms with Crippen LogP contribution in [0, 0.1) is 17.0 Å². The first-order valence-corrected chi connectivity index (χ1v) is 7.01. The Morgan fingerprint density at radius 1 is 1.29 bits per heavy atom. The molecule has 1 amide bonds. The zero-order valence-electron chi connectivity index (χ0n) is 12.9. The Hall–Kier alpha value is -1.49. The first kappa shape index (κ1) is 17.6. The lowest BCUT2D eigenvalue weighted by atomic mass is 9.88. The molecule has 0 bridgehead atoms. The normalized spacial score (nSPS) is 14.6. The molecule has 2 N–H and O–H groups in total. The van der Waals surface area contributed by atoms with E-state index in [1.54, 1.807) is 0 Å². The van der Waals surface area contributed by atoms with E-state index in [4.69, 9.17) is 0 Å². The van der Waals surface area contributed by atoms with E-state index >= 15 is 0 Å². The molecule has 0 aromatic heterocycles. The van der Waals surface area contributed by atoms with Gasteiger partial charge in [-0.05, 0) is 30.9 Å². The van der Waals surface area contributed by atoms with Crippen molar-refractivity contribution in [2.45, 2.75) is 46.1 Å².